The number of imidazole rings is 1. The lowest BCUT2D eigenvalue weighted by molar-refractivity contribution is -0.274. The minimum absolute atomic E-state index is 0.0131. The zero-order chi connectivity index (χ0) is 35.7. The minimum atomic E-state index is -4.95. The number of halogens is 3. The number of nitrogens with zero attached hydrogens (tertiary/aromatic N) is 6. The molecule has 1 saturated carbocycles. The molecule has 10 nitrogen and oxygen atoms in total. The van der Waals surface area contributed by atoms with Gasteiger partial charge in [-0.2, -0.15) is 10.4 Å². The van der Waals surface area contributed by atoms with Gasteiger partial charge in [-0.1, -0.05) is 26.0 Å². The molecule has 0 bridgehead atoms. The quantitative estimate of drug-likeness (QED) is 0.212. The number of aromatic nitrogens is 4. The zero-order valence-corrected chi connectivity index (χ0v) is 28.7. The molecule has 1 aliphatic carbocycles. The first-order valence-electron chi connectivity index (χ1n) is 16.7. The van der Waals surface area contributed by atoms with E-state index in [-0.39, 0.29) is 35.6 Å². The van der Waals surface area contributed by atoms with Crippen LogP contribution in [0, 0.1) is 17.2 Å². The van der Waals surface area contributed by atoms with Crippen molar-refractivity contribution in [3.63, 3.8) is 0 Å². The van der Waals surface area contributed by atoms with Crippen LogP contribution in [-0.4, -0.2) is 66.6 Å². The van der Waals surface area contributed by atoms with Gasteiger partial charge in [-0.25, -0.2) is 9.78 Å². The molecule has 2 fully saturated rings. The first kappa shape index (κ1) is 35.7. The highest BCUT2D eigenvalue weighted by molar-refractivity contribution is 5.94. The van der Waals surface area contributed by atoms with Crippen molar-refractivity contribution in [1.29, 1.82) is 5.26 Å². The Labute approximate surface area is 284 Å². The van der Waals surface area contributed by atoms with Crippen molar-refractivity contribution in [1.82, 2.24) is 24.2 Å². The summed E-state index contributed by atoms with van der Waals surface area (Å²) in [6.45, 7) is 10.8. The third-order valence-electron chi connectivity index (χ3n) is 8.64. The summed E-state index contributed by atoms with van der Waals surface area (Å²) in [6.07, 6.45) is -0.959. The monoisotopic (exact) mass is 680 g/mol. The third-order valence-corrected chi connectivity index (χ3v) is 8.64. The van der Waals surface area contributed by atoms with E-state index in [4.69, 9.17) is 14.8 Å². The molecule has 0 spiro atoms. The first-order valence-corrected chi connectivity index (χ1v) is 16.7. The molecule has 13 heteroatoms. The van der Waals surface area contributed by atoms with E-state index in [0.29, 0.717) is 43.0 Å². The van der Waals surface area contributed by atoms with Crippen molar-refractivity contribution in [2.45, 2.75) is 90.8 Å². The number of fused-ring (bicyclic) bond motifs is 1. The van der Waals surface area contributed by atoms with Gasteiger partial charge in [0, 0.05) is 48.9 Å². The Morgan fingerprint density at radius 2 is 1.78 bits per heavy atom. The first-order chi connectivity index (χ1) is 23.2. The van der Waals surface area contributed by atoms with E-state index in [1.54, 1.807) is 16.6 Å². The van der Waals surface area contributed by atoms with E-state index in [2.05, 4.69) is 4.74 Å². The molecule has 1 saturated heterocycles. The Kier molecular flexibility index (Phi) is 10.3. The molecule has 262 valence electrons. The summed E-state index contributed by atoms with van der Waals surface area (Å²) in [6, 6.07) is 11.5. The van der Waals surface area contributed by atoms with Crippen LogP contribution in [0.4, 0.5) is 18.0 Å². The average molecular weight is 681 g/mol. The Bertz CT molecular complexity index is 1840. The Morgan fingerprint density at radius 1 is 1.08 bits per heavy atom. The fourth-order valence-electron chi connectivity index (χ4n) is 6.29. The number of carbonyl (C=O) groups is 1. The van der Waals surface area contributed by atoms with E-state index in [1.165, 1.54) is 12.1 Å². The van der Waals surface area contributed by atoms with Gasteiger partial charge in [0.25, 0.3) is 0 Å². The summed E-state index contributed by atoms with van der Waals surface area (Å²) in [5.41, 5.74) is 2.62. The summed E-state index contributed by atoms with van der Waals surface area (Å²) in [5.74, 6) is -0.0141. The molecule has 49 heavy (non-hydrogen) atoms. The molecule has 2 aromatic heterocycles. The maximum atomic E-state index is 13.4. The number of ether oxygens (including phenoxy) is 2. The number of hydrogen-bond acceptors (Lipinski definition) is 7. The highest BCUT2D eigenvalue weighted by Gasteiger charge is 2.36. The zero-order valence-electron chi connectivity index (χ0n) is 28.7. The smallest absolute Gasteiger partial charge is 0.444 e. The molecule has 4 aromatic rings. The van der Waals surface area contributed by atoms with Crippen LogP contribution < -0.4 is 4.74 Å². The number of amides is 1. The van der Waals surface area contributed by atoms with Crippen molar-refractivity contribution in [2.24, 2.45) is 13.0 Å². The minimum Gasteiger partial charge on any atom is -0.444 e. The van der Waals surface area contributed by atoms with Crippen molar-refractivity contribution in [2.75, 3.05) is 13.1 Å². The molecule has 1 amide bonds. The number of piperidine rings is 1. The van der Waals surface area contributed by atoms with Crippen LogP contribution in [0.2, 0.25) is 0 Å². The maximum absolute atomic E-state index is 13.4. The predicted molar refractivity (Wildman–Crippen MR) is 179 cm³/mol. The lowest BCUT2D eigenvalue weighted by Crippen LogP contribution is -2.44. The highest BCUT2D eigenvalue weighted by Crippen LogP contribution is 2.47. The van der Waals surface area contributed by atoms with Gasteiger partial charge in [-0.05, 0) is 76.6 Å². The number of hydrogen-bond donors (Lipinski definition) is 1. The third kappa shape index (κ3) is 8.19. The lowest BCUT2D eigenvalue weighted by Gasteiger charge is -2.35. The maximum Gasteiger partial charge on any atom is 0.573 e. The molecule has 2 aliphatic rings. The number of carbonyl (C=O) groups excluding carboxylic acids is 1. The number of rotatable bonds is 7. The molecule has 1 unspecified atom stereocenters. The van der Waals surface area contributed by atoms with Gasteiger partial charge >= 0.3 is 12.5 Å². The van der Waals surface area contributed by atoms with E-state index in [0.717, 1.165) is 35.6 Å². The summed E-state index contributed by atoms with van der Waals surface area (Å²) >= 11 is 0. The molecule has 6 rings (SSSR count). The van der Waals surface area contributed by atoms with Gasteiger partial charge in [0.2, 0.25) is 0 Å². The molecule has 3 heterocycles. The molecule has 1 aliphatic heterocycles. The van der Waals surface area contributed by atoms with Gasteiger partial charge in [0.15, 0.2) is 0 Å². The largest absolute Gasteiger partial charge is 0.573 e. The summed E-state index contributed by atoms with van der Waals surface area (Å²) in [5, 5.41) is 26.0. The number of likely N-dealkylation sites (tertiary alicyclic amines) is 1. The molecule has 0 radical (unpaired) electrons. The molecule has 2 aromatic carbocycles. The fraction of sp³-hybridized carbons (Fsp3) is 0.500. The van der Waals surface area contributed by atoms with Crippen molar-refractivity contribution in [3.05, 3.63) is 53.9 Å². The summed E-state index contributed by atoms with van der Waals surface area (Å²) < 4.78 is 53.5. The predicted octanol–water partition coefficient (Wildman–Crippen LogP) is 7.79. The van der Waals surface area contributed by atoms with Crippen LogP contribution in [0.3, 0.4) is 0 Å². The average Bonchev–Trinajstić information content (AvgIpc) is 3.71. The number of nitriles is 1. The van der Waals surface area contributed by atoms with Crippen LogP contribution in [0.15, 0.2) is 42.6 Å². The summed E-state index contributed by atoms with van der Waals surface area (Å²) in [4.78, 5) is 19.0. The van der Waals surface area contributed by atoms with Crippen LogP contribution >= 0.6 is 0 Å². The normalized spacial score (nSPS) is 16.1. The molecular formula is C36H43F3N6O4. The van der Waals surface area contributed by atoms with E-state index >= 15 is 0 Å². The second kappa shape index (κ2) is 14.1. The van der Waals surface area contributed by atoms with Crippen LogP contribution in [0.25, 0.3) is 33.5 Å². The molecular weight excluding hydrogens is 637 g/mol. The summed E-state index contributed by atoms with van der Waals surface area (Å²) in [7, 11) is 1.78. The second-order valence-corrected chi connectivity index (χ2v) is 13.3. The van der Waals surface area contributed by atoms with Crippen molar-refractivity contribution >= 4 is 17.0 Å². The van der Waals surface area contributed by atoms with E-state index < -0.39 is 23.8 Å². The standard InChI is InChI=1S/C34H37F3N6O4.C2H6/c1-33(2,3)47-32(45)42-14-12-21(13-15-42)27(44)19-43-18-25-23(6-5-7-26(25)40-43)29-30(22-9-10-22)41(4)31(39-29)24-11-8-20(17-38)16-28(24)46-34(35,36)37;1-2/h5-8,11,16,18,21-22,27,44H,9-10,12-15,19H2,1-4H3;1-2H3. The van der Waals surface area contributed by atoms with Crippen LogP contribution in [-0.2, 0) is 18.3 Å². The molecule has 1 N–H and O–H groups in total. The van der Waals surface area contributed by atoms with Gasteiger partial charge < -0.3 is 24.0 Å². The number of aliphatic hydroxyl groups excluding tert-OH is 1. The SMILES string of the molecule is CC.Cn1c(-c2ccc(C#N)cc2OC(F)(F)F)nc(-c2cccc3nn(CC(O)C4CCN(C(=O)OC(C)(C)C)CC4)cc23)c1C1CC1. The van der Waals surface area contributed by atoms with Gasteiger partial charge in [0.05, 0.1) is 41.1 Å². The van der Waals surface area contributed by atoms with E-state index in [1.807, 2.05) is 69.7 Å². The van der Waals surface area contributed by atoms with Gasteiger partial charge in [0.1, 0.15) is 17.2 Å². The number of aliphatic hydroxyl groups is 1. The number of alkyl halides is 3. The lowest BCUT2D eigenvalue weighted by atomic mass is 9.91. The van der Waals surface area contributed by atoms with Gasteiger partial charge in [-0.3, -0.25) is 4.68 Å². The second-order valence-electron chi connectivity index (χ2n) is 13.3. The Hall–Kier alpha value is -4.57. The van der Waals surface area contributed by atoms with Crippen molar-refractivity contribution < 1.29 is 32.5 Å². The Balaban J connectivity index is 0.00000230. The topological polar surface area (TPSA) is 118 Å². The van der Waals surface area contributed by atoms with E-state index in [9.17, 15) is 28.3 Å². The Morgan fingerprint density at radius 3 is 2.39 bits per heavy atom. The van der Waals surface area contributed by atoms with Crippen LogP contribution in [0.1, 0.15) is 77.5 Å². The van der Waals surface area contributed by atoms with Crippen molar-refractivity contribution in [3.8, 4) is 34.5 Å². The fourth-order valence-corrected chi connectivity index (χ4v) is 6.29. The van der Waals surface area contributed by atoms with Crippen LogP contribution in [0.5, 0.6) is 5.75 Å². The molecule has 1 atom stereocenters. The number of benzene rings is 2. The highest BCUT2D eigenvalue weighted by atomic mass is 19.4. The van der Waals surface area contributed by atoms with Gasteiger partial charge in [-0.15, -0.1) is 13.2 Å².